The minimum atomic E-state index is -0.666. The van der Waals surface area contributed by atoms with Crippen LogP contribution in [-0.2, 0) is 4.79 Å². The molecule has 0 atom stereocenters. The highest BCUT2D eigenvalue weighted by Gasteiger charge is 2.16. The van der Waals surface area contributed by atoms with Crippen molar-refractivity contribution >= 4 is 28.7 Å². The Hall–Kier alpha value is -4.10. The first-order valence-electron chi connectivity index (χ1n) is 9.95. The molecule has 0 aliphatic carbocycles. The van der Waals surface area contributed by atoms with Crippen LogP contribution in [0.4, 0.5) is 22.7 Å². The van der Waals surface area contributed by atoms with E-state index < -0.39 is 10.8 Å². The van der Waals surface area contributed by atoms with Crippen LogP contribution in [0.2, 0.25) is 0 Å². The Kier molecular flexibility index (Phi) is 7.25. The SMILES string of the molecule is COc1cc([N+](=O)[O-])ccc1NC(=O)/C(C#N)=C\Nc1ccc(N2CCN(C)CC2)cc1. The molecule has 1 amide bonds. The fraction of sp³-hybridized carbons (Fsp3) is 0.273. The Bertz CT molecular complexity index is 1050. The molecule has 1 aliphatic rings. The molecule has 10 heteroatoms. The minimum Gasteiger partial charge on any atom is -0.494 e. The van der Waals surface area contributed by atoms with Gasteiger partial charge in [-0.2, -0.15) is 5.26 Å². The second-order valence-corrected chi connectivity index (χ2v) is 7.25. The van der Waals surface area contributed by atoms with Gasteiger partial charge in [-0.15, -0.1) is 0 Å². The Morgan fingerprint density at radius 2 is 1.88 bits per heavy atom. The first kappa shape index (κ1) is 22.6. The molecule has 2 aromatic carbocycles. The number of nitrogens with zero attached hydrogens (tertiary/aromatic N) is 4. The lowest BCUT2D eigenvalue weighted by Gasteiger charge is -2.34. The maximum atomic E-state index is 12.5. The van der Waals surface area contributed by atoms with E-state index in [1.807, 2.05) is 30.3 Å². The molecule has 0 unspecified atom stereocenters. The van der Waals surface area contributed by atoms with Gasteiger partial charge in [-0.1, -0.05) is 0 Å². The number of nitrogens with one attached hydrogen (secondary N) is 2. The van der Waals surface area contributed by atoms with E-state index in [-0.39, 0.29) is 22.7 Å². The average molecular weight is 436 g/mol. The normalized spacial score (nSPS) is 14.4. The second-order valence-electron chi connectivity index (χ2n) is 7.25. The molecule has 166 valence electrons. The summed E-state index contributed by atoms with van der Waals surface area (Å²) in [4.78, 5) is 27.4. The largest absolute Gasteiger partial charge is 0.494 e. The predicted octanol–water partition coefficient (Wildman–Crippen LogP) is 2.81. The molecule has 0 bridgehead atoms. The summed E-state index contributed by atoms with van der Waals surface area (Å²) in [6.07, 6.45) is 1.32. The van der Waals surface area contributed by atoms with Gasteiger partial charge in [-0.05, 0) is 37.4 Å². The van der Waals surface area contributed by atoms with Crippen molar-refractivity contribution in [2.24, 2.45) is 0 Å². The van der Waals surface area contributed by atoms with Gasteiger partial charge in [0, 0.05) is 49.8 Å². The van der Waals surface area contributed by atoms with Crippen LogP contribution in [0.5, 0.6) is 5.75 Å². The molecule has 0 spiro atoms. The number of rotatable bonds is 7. The lowest BCUT2D eigenvalue weighted by Crippen LogP contribution is -2.44. The Morgan fingerprint density at radius 1 is 1.19 bits per heavy atom. The molecule has 0 saturated carbocycles. The van der Waals surface area contributed by atoms with E-state index in [0.717, 1.165) is 37.6 Å². The number of piperazine rings is 1. The van der Waals surface area contributed by atoms with E-state index in [9.17, 15) is 20.2 Å². The van der Waals surface area contributed by atoms with Crippen molar-refractivity contribution in [2.75, 3.05) is 55.9 Å². The van der Waals surface area contributed by atoms with E-state index >= 15 is 0 Å². The average Bonchev–Trinajstić information content (AvgIpc) is 2.80. The van der Waals surface area contributed by atoms with Gasteiger partial charge in [0.2, 0.25) is 0 Å². The summed E-state index contributed by atoms with van der Waals surface area (Å²) in [6, 6.07) is 13.4. The maximum Gasteiger partial charge on any atom is 0.273 e. The number of nitro groups is 1. The Morgan fingerprint density at radius 3 is 2.47 bits per heavy atom. The highest BCUT2D eigenvalue weighted by atomic mass is 16.6. The van der Waals surface area contributed by atoms with Crippen LogP contribution < -0.4 is 20.3 Å². The first-order valence-corrected chi connectivity index (χ1v) is 9.95. The lowest BCUT2D eigenvalue weighted by molar-refractivity contribution is -0.384. The number of carbonyl (C=O) groups is 1. The third kappa shape index (κ3) is 5.53. The maximum absolute atomic E-state index is 12.5. The number of ether oxygens (including phenoxy) is 1. The van der Waals surface area contributed by atoms with Gasteiger partial charge in [0.15, 0.2) is 0 Å². The fourth-order valence-corrected chi connectivity index (χ4v) is 3.22. The molecule has 0 radical (unpaired) electrons. The molecular weight excluding hydrogens is 412 g/mol. The van der Waals surface area contributed by atoms with Gasteiger partial charge in [-0.3, -0.25) is 14.9 Å². The van der Waals surface area contributed by atoms with E-state index in [1.54, 1.807) is 0 Å². The Balaban J connectivity index is 1.65. The molecule has 3 rings (SSSR count). The summed E-state index contributed by atoms with van der Waals surface area (Å²) in [7, 11) is 3.44. The predicted molar refractivity (Wildman–Crippen MR) is 122 cm³/mol. The van der Waals surface area contributed by atoms with Crippen LogP contribution in [0, 0.1) is 21.4 Å². The van der Waals surface area contributed by atoms with Crippen molar-refractivity contribution in [3.05, 3.63) is 64.4 Å². The Labute approximate surface area is 185 Å². The summed E-state index contributed by atoms with van der Waals surface area (Å²) < 4.78 is 5.10. The number of amides is 1. The van der Waals surface area contributed by atoms with Gasteiger partial charge in [-0.25, -0.2) is 0 Å². The van der Waals surface area contributed by atoms with Gasteiger partial charge in [0.1, 0.15) is 17.4 Å². The summed E-state index contributed by atoms with van der Waals surface area (Å²) in [6.45, 7) is 3.97. The summed E-state index contributed by atoms with van der Waals surface area (Å²) >= 11 is 0. The van der Waals surface area contributed by atoms with Gasteiger partial charge in [0.05, 0.1) is 23.8 Å². The fourth-order valence-electron chi connectivity index (χ4n) is 3.22. The van der Waals surface area contributed by atoms with E-state index in [4.69, 9.17) is 4.74 Å². The molecule has 2 aromatic rings. The van der Waals surface area contributed by atoms with E-state index in [0.29, 0.717) is 0 Å². The van der Waals surface area contributed by atoms with Crippen molar-refractivity contribution in [1.29, 1.82) is 5.26 Å². The molecule has 1 aliphatic heterocycles. The first-order chi connectivity index (χ1) is 15.4. The number of carbonyl (C=O) groups excluding carboxylic acids is 1. The number of anilines is 3. The number of nitro benzene ring substituents is 1. The number of benzene rings is 2. The standard InChI is InChI=1S/C22H24N6O4/c1-26-9-11-27(12-10-26)18-5-3-17(4-6-18)24-15-16(14-23)22(29)25-20-8-7-19(28(30)31)13-21(20)32-2/h3-8,13,15,24H,9-12H2,1-2H3,(H,25,29)/b16-15-. The van der Waals surface area contributed by atoms with Crippen molar-refractivity contribution in [3.8, 4) is 11.8 Å². The highest BCUT2D eigenvalue weighted by molar-refractivity contribution is 6.07. The molecular formula is C22H24N6O4. The van der Waals surface area contributed by atoms with Crippen molar-refractivity contribution < 1.29 is 14.5 Å². The number of hydrogen-bond donors (Lipinski definition) is 2. The van der Waals surface area contributed by atoms with Gasteiger partial charge >= 0.3 is 0 Å². The zero-order chi connectivity index (χ0) is 23.1. The topological polar surface area (TPSA) is 124 Å². The number of nitriles is 1. The van der Waals surface area contributed by atoms with E-state index in [1.165, 1.54) is 31.5 Å². The van der Waals surface area contributed by atoms with Crippen LogP contribution in [0.15, 0.2) is 54.2 Å². The molecule has 1 saturated heterocycles. The van der Waals surface area contributed by atoms with Crippen LogP contribution in [-0.4, -0.2) is 56.1 Å². The number of non-ortho nitro benzene ring substituents is 1. The number of likely N-dealkylation sites (N-methyl/N-ethyl adjacent to an activating group) is 1. The van der Waals surface area contributed by atoms with Gasteiger partial charge in [0.25, 0.3) is 11.6 Å². The van der Waals surface area contributed by atoms with E-state index in [2.05, 4.69) is 27.5 Å². The molecule has 32 heavy (non-hydrogen) atoms. The summed E-state index contributed by atoms with van der Waals surface area (Å²) in [5.74, 6) is -0.543. The molecule has 2 N–H and O–H groups in total. The van der Waals surface area contributed by atoms with Crippen molar-refractivity contribution in [2.45, 2.75) is 0 Å². The van der Waals surface area contributed by atoms with Crippen molar-refractivity contribution in [3.63, 3.8) is 0 Å². The third-order valence-corrected chi connectivity index (χ3v) is 5.13. The highest BCUT2D eigenvalue weighted by Crippen LogP contribution is 2.29. The molecule has 10 nitrogen and oxygen atoms in total. The molecule has 0 aromatic heterocycles. The van der Waals surface area contributed by atoms with Gasteiger partial charge < -0.3 is 25.2 Å². The monoisotopic (exact) mass is 436 g/mol. The molecule has 1 fully saturated rings. The minimum absolute atomic E-state index is 0.122. The quantitative estimate of drug-likeness (QED) is 0.294. The van der Waals surface area contributed by atoms with Crippen LogP contribution in [0.25, 0.3) is 0 Å². The zero-order valence-corrected chi connectivity index (χ0v) is 17.9. The number of hydrogen-bond acceptors (Lipinski definition) is 8. The lowest BCUT2D eigenvalue weighted by atomic mass is 10.2. The van der Waals surface area contributed by atoms with Crippen molar-refractivity contribution in [1.82, 2.24) is 4.90 Å². The summed E-state index contributed by atoms with van der Waals surface area (Å²) in [5.41, 5.74) is 1.75. The number of methoxy groups -OCH3 is 1. The zero-order valence-electron chi connectivity index (χ0n) is 17.9. The third-order valence-electron chi connectivity index (χ3n) is 5.13. The summed E-state index contributed by atoms with van der Waals surface area (Å²) in [5, 5.41) is 25.8. The molecule has 1 heterocycles. The second kappa shape index (κ2) is 10.3. The smallest absolute Gasteiger partial charge is 0.273 e. The van der Waals surface area contributed by atoms with Crippen LogP contribution in [0.3, 0.4) is 0 Å². The van der Waals surface area contributed by atoms with Crippen LogP contribution >= 0.6 is 0 Å². The van der Waals surface area contributed by atoms with Crippen LogP contribution in [0.1, 0.15) is 0 Å².